The maximum Gasteiger partial charge on any atom is 0.335 e. The number of ether oxygens (including phenoxy) is 1. The molecule has 0 radical (unpaired) electrons. The molecule has 0 unspecified atom stereocenters. The van der Waals surface area contributed by atoms with Crippen LogP contribution in [0.2, 0.25) is 5.02 Å². The number of nitrogens with one attached hydrogen (secondary N) is 1. The Labute approximate surface area is 200 Å². The van der Waals surface area contributed by atoms with Gasteiger partial charge in [0.2, 0.25) is 0 Å². The Balaban J connectivity index is 1.75. The zero-order valence-electron chi connectivity index (χ0n) is 18.8. The van der Waals surface area contributed by atoms with E-state index in [0.717, 1.165) is 5.69 Å². The highest BCUT2D eigenvalue weighted by molar-refractivity contribution is 6.32. The molecule has 0 saturated heterocycles. The van der Waals surface area contributed by atoms with E-state index in [1.165, 1.54) is 12.1 Å². The lowest BCUT2D eigenvalue weighted by Gasteiger charge is -2.50. The standard InChI is InChI=1S/C25H22ClFN4O3/c1-25(2)13-30(16-6-4-14(5-7-16)24(32)33)23-19(10-15-12-28-29-22(15)21(23)27)31(25)17-8-9-18(26)20(11-17)34-3/h4-12H,13H2,1-3H3,(H,28,29)(H,32,33). The number of carboxylic acids is 1. The van der Waals surface area contributed by atoms with Gasteiger partial charge in [-0.2, -0.15) is 5.10 Å². The molecule has 0 aliphatic carbocycles. The number of rotatable bonds is 4. The zero-order chi connectivity index (χ0) is 24.2. The average molecular weight is 481 g/mol. The molecule has 34 heavy (non-hydrogen) atoms. The summed E-state index contributed by atoms with van der Waals surface area (Å²) in [6.07, 6.45) is 1.59. The van der Waals surface area contributed by atoms with Gasteiger partial charge in [-0.05, 0) is 56.3 Å². The molecule has 7 nitrogen and oxygen atoms in total. The number of hydrogen-bond donors (Lipinski definition) is 2. The lowest BCUT2D eigenvalue weighted by atomic mass is 9.93. The van der Waals surface area contributed by atoms with Crippen molar-refractivity contribution in [2.45, 2.75) is 19.4 Å². The van der Waals surface area contributed by atoms with E-state index in [0.29, 0.717) is 45.3 Å². The number of aromatic nitrogens is 2. The summed E-state index contributed by atoms with van der Waals surface area (Å²) in [5, 5.41) is 17.2. The summed E-state index contributed by atoms with van der Waals surface area (Å²) < 4.78 is 21.4. The molecule has 0 spiro atoms. The van der Waals surface area contributed by atoms with Gasteiger partial charge in [0.15, 0.2) is 5.82 Å². The first-order chi connectivity index (χ1) is 16.2. The minimum absolute atomic E-state index is 0.166. The number of methoxy groups -OCH3 is 1. The van der Waals surface area contributed by atoms with Gasteiger partial charge in [-0.15, -0.1) is 0 Å². The molecule has 0 saturated carbocycles. The largest absolute Gasteiger partial charge is 0.495 e. The van der Waals surface area contributed by atoms with Crippen LogP contribution in [0.3, 0.4) is 0 Å². The Morgan fingerprint density at radius 2 is 1.88 bits per heavy atom. The maximum atomic E-state index is 16.0. The van der Waals surface area contributed by atoms with Crippen LogP contribution in [0.15, 0.2) is 54.7 Å². The van der Waals surface area contributed by atoms with E-state index < -0.39 is 17.3 Å². The van der Waals surface area contributed by atoms with Gasteiger partial charge in [-0.1, -0.05) is 11.6 Å². The molecule has 0 atom stereocenters. The van der Waals surface area contributed by atoms with Gasteiger partial charge in [0.05, 0.1) is 35.1 Å². The Morgan fingerprint density at radius 1 is 1.18 bits per heavy atom. The monoisotopic (exact) mass is 480 g/mol. The van der Waals surface area contributed by atoms with E-state index in [-0.39, 0.29) is 5.56 Å². The average Bonchev–Trinajstić information content (AvgIpc) is 3.28. The summed E-state index contributed by atoms with van der Waals surface area (Å²) in [7, 11) is 1.55. The van der Waals surface area contributed by atoms with Gasteiger partial charge in [-0.25, -0.2) is 9.18 Å². The fraction of sp³-hybridized carbons (Fsp3) is 0.200. The number of aromatic amines is 1. The first kappa shape index (κ1) is 22.0. The molecule has 5 rings (SSSR count). The van der Waals surface area contributed by atoms with Crippen LogP contribution in [0, 0.1) is 5.82 Å². The summed E-state index contributed by atoms with van der Waals surface area (Å²) in [6, 6.07) is 13.8. The smallest absolute Gasteiger partial charge is 0.335 e. The molecule has 9 heteroatoms. The van der Waals surface area contributed by atoms with E-state index in [9.17, 15) is 9.90 Å². The molecular weight excluding hydrogens is 459 g/mol. The fourth-order valence-corrected chi connectivity index (χ4v) is 4.79. The van der Waals surface area contributed by atoms with Crippen molar-refractivity contribution in [1.82, 2.24) is 10.2 Å². The zero-order valence-corrected chi connectivity index (χ0v) is 19.5. The highest BCUT2D eigenvalue weighted by atomic mass is 35.5. The lowest BCUT2D eigenvalue weighted by molar-refractivity contribution is 0.0697. The molecule has 0 fully saturated rings. The number of halogens is 2. The van der Waals surface area contributed by atoms with Crippen molar-refractivity contribution in [3.8, 4) is 5.75 Å². The normalized spacial score (nSPS) is 14.9. The second-order valence-electron chi connectivity index (χ2n) is 8.80. The number of nitrogens with zero attached hydrogens (tertiary/aromatic N) is 3. The summed E-state index contributed by atoms with van der Waals surface area (Å²) in [6.45, 7) is 4.55. The van der Waals surface area contributed by atoms with Crippen LogP contribution in [0.25, 0.3) is 10.9 Å². The van der Waals surface area contributed by atoms with Crippen LogP contribution in [-0.2, 0) is 0 Å². The van der Waals surface area contributed by atoms with Crippen molar-refractivity contribution in [1.29, 1.82) is 0 Å². The van der Waals surface area contributed by atoms with Gasteiger partial charge >= 0.3 is 5.97 Å². The first-order valence-corrected chi connectivity index (χ1v) is 11.0. The van der Waals surface area contributed by atoms with Gasteiger partial charge < -0.3 is 19.6 Å². The van der Waals surface area contributed by atoms with Gasteiger partial charge in [-0.3, -0.25) is 5.10 Å². The Bertz CT molecular complexity index is 1420. The number of aromatic carboxylic acids is 1. The molecule has 2 N–H and O–H groups in total. The molecule has 2 heterocycles. The number of H-pyrrole nitrogens is 1. The topological polar surface area (TPSA) is 81.7 Å². The second kappa shape index (κ2) is 7.92. The summed E-state index contributed by atoms with van der Waals surface area (Å²) in [4.78, 5) is 15.3. The van der Waals surface area contributed by atoms with E-state index in [1.54, 1.807) is 31.5 Å². The third-order valence-electron chi connectivity index (χ3n) is 6.11. The van der Waals surface area contributed by atoms with E-state index >= 15 is 4.39 Å². The number of carboxylic acid groups (broad SMARTS) is 1. The van der Waals surface area contributed by atoms with E-state index in [2.05, 4.69) is 28.9 Å². The number of fused-ring (bicyclic) bond motifs is 2. The predicted octanol–water partition coefficient (Wildman–Crippen LogP) is 6.13. The fourth-order valence-electron chi connectivity index (χ4n) is 4.60. The summed E-state index contributed by atoms with van der Waals surface area (Å²) in [5.41, 5.74) is 2.48. The SMILES string of the molecule is COc1cc(N2c3cc4cn[nH]c4c(F)c3N(c3ccc(C(=O)O)cc3)CC2(C)C)ccc1Cl. The molecule has 4 aromatic rings. The van der Waals surface area contributed by atoms with Crippen molar-refractivity contribution in [3.63, 3.8) is 0 Å². The third-order valence-corrected chi connectivity index (χ3v) is 6.42. The van der Waals surface area contributed by atoms with Gasteiger partial charge in [0.25, 0.3) is 0 Å². The van der Waals surface area contributed by atoms with Crippen molar-refractivity contribution < 1.29 is 19.0 Å². The molecule has 0 bridgehead atoms. The minimum Gasteiger partial charge on any atom is -0.495 e. The van der Waals surface area contributed by atoms with Crippen molar-refractivity contribution >= 4 is 51.2 Å². The van der Waals surface area contributed by atoms with Crippen molar-refractivity contribution in [3.05, 3.63) is 71.1 Å². The lowest BCUT2D eigenvalue weighted by Crippen LogP contribution is -2.53. The Kier molecular flexibility index (Phi) is 5.13. The predicted molar refractivity (Wildman–Crippen MR) is 131 cm³/mol. The second-order valence-corrected chi connectivity index (χ2v) is 9.20. The summed E-state index contributed by atoms with van der Waals surface area (Å²) in [5.74, 6) is -0.930. The molecule has 1 aromatic heterocycles. The molecule has 1 aliphatic heterocycles. The molecule has 1 aliphatic rings. The number of benzene rings is 3. The Hall–Kier alpha value is -3.78. The maximum absolute atomic E-state index is 16.0. The Morgan fingerprint density at radius 3 is 2.56 bits per heavy atom. The number of hydrogen-bond acceptors (Lipinski definition) is 5. The van der Waals surface area contributed by atoms with Crippen LogP contribution in [0.1, 0.15) is 24.2 Å². The summed E-state index contributed by atoms with van der Waals surface area (Å²) >= 11 is 6.27. The van der Waals surface area contributed by atoms with Crippen LogP contribution in [0.5, 0.6) is 5.75 Å². The quantitative estimate of drug-likeness (QED) is 0.365. The highest BCUT2D eigenvalue weighted by Crippen LogP contribution is 2.50. The molecule has 0 amide bonds. The molecule has 174 valence electrons. The van der Waals surface area contributed by atoms with Gasteiger partial charge in [0.1, 0.15) is 17.0 Å². The highest BCUT2D eigenvalue weighted by Gasteiger charge is 2.41. The van der Waals surface area contributed by atoms with Crippen molar-refractivity contribution in [2.75, 3.05) is 23.5 Å². The number of anilines is 4. The van der Waals surface area contributed by atoms with Crippen LogP contribution in [-0.4, -0.2) is 40.5 Å². The molecular formula is C25H22ClFN4O3. The molecule has 3 aromatic carbocycles. The van der Waals surface area contributed by atoms with Crippen LogP contribution in [0.4, 0.5) is 27.1 Å². The van der Waals surface area contributed by atoms with E-state index in [4.69, 9.17) is 16.3 Å². The first-order valence-electron chi connectivity index (χ1n) is 10.6. The third kappa shape index (κ3) is 3.42. The minimum atomic E-state index is -1.01. The van der Waals surface area contributed by atoms with E-state index in [1.807, 2.05) is 23.1 Å². The van der Waals surface area contributed by atoms with Crippen LogP contribution >= 0.6 is 11.6 Å². The van der Waals surface area contributed by atoms with Crippen molar-refractivity contribution in [2.24, 2.45) is 0 Å². The van der Waals surface area contributed by atoms with Gasteiger partial charge in [0, 0.05) is 29.4 Å². The van der Waals surface area contributed by atoms with Crippen LogP contribution < -0.4 is 14.5 Å². The number of carbonyl (C=O) groups is 1.